The van der Waals surface area contributed by atoms with Gasteiger partial charge in [0.2, 0.25) is 5.88 Å². The Balaban J connectivity index is 1.46. The number of thiophene rings is 1. The highest BCUT2D eigenvalue weighted by Gasteiger charge is 2.26. The minimum absolute atomic E-state index is 0.0153. The van der Waals surface area contributed by atoms with Crippen molar-refractivity contribution in [2.75, 3.05) is 13.1 Å². The molecule has 2 aliphatic rings. The lowest BCUT2D eigenvalue weighted by atomic mass is 10.3. The molecule has 0 bridgehead atoms. The molecule has 1 amide bonds. The number of imidazole rings is 1. The molecule has 0 radical (unpaired) electrons. The zero-order valence-corrected chi connectivity index (χ0v) is 18.9. The first-order valence-corrected chi connectivity index (χ1v) is 11.9. The van der Waals surface area contributed by atoms with Gasteiger partial charge in [-0.05, 0) is 37.5 Å². The summed E-state index contributed by atoms with van der Waals surface area (Å²) in [6.45, 7) is 1.24. The standard InChI is InChI=1S/C22H22N8O3S/c23-12-5-6-29(10-12)21(32)17-4-3-16(34-17)14-8-18(25-13-1-2-13)30-19(26-14)11(9-24-30)7-15-20(31)28-22(33)27-15/h3-4,7-9,12-13,31H,1-2,5-6,10,23H2,(H2,27,28,33)/t12-/m0/s1. The maximum Gasteiger partial charge on any atom is 0.326 e. The van der Waals surface area contributed by atoms with Crippen LogP contribution in [0.15, 0.2) is 34.2 Å². The van der Waals surface area contributed by atoms with Crippen molar-refractivity contribution >= 4 is 29.0 Å². The number of fused-ring (bicyclic) bond motifs is 1. The van der Waals surface area contributed by atoms with Crippen LogP contribution in [0.4, 0.5) is 0 Å². The number of aromatic amines is 2. The molecule has 2 fully saturated rings. The van der Waals surface area contributed by atoms with E-state index in [1.165, 1.54) is 11.3 Å². The summed E-state index contributed by atoms with van der Waals surface area (Å²) < 4.78 is 1.65. The summed E-state index contributed by atoms with van der Waals surface area (Å²) in [7, 11) is 0. The van der Waals surface area contributed by atoms with E-state index in [4.69, 9.17) is 15.7 Å². The summed E-state index contributed by atoms with van der Waals surface area (Å²) in [6, 6.07) is 5.89. The van der Waals surface area contributed by atoms with E-state index in [0.717, 1.165) is 24.1 Å². The van der Waals surface area contributed by atoms with Gasteiger partial charge in [0.15, 0.2) is 11.1 Å². The SMILES string of the molecule is N[C@H]1CCN(C(=O)c2ccc(-c3cc(=NC4CC4)n4ncc(=Cc5[nH]c(=O)[nH]c5O)c4n3)s2)C1. The predicted molar refractivity (Wildman–Crippen MR) is 125 cm³/mol. The second kappa shape index (κ2) is 7.92. The van der Waals surface area contributed by atoms with Gasteiger partial charge in [0.1, 0.15) is 5.69 Å². The van der Waals surface area contributed by atoms with Crippen LogP contribution in [0.25, 0.3) is 22.3 Å². The van der Waals surface area contributed by atoms with Gasteiger partial charge >= 0.3 is 5.69 Å². The summed E-state index contributed by atoms with van der Waals surface area (Å²) in [6.07, 6.45) is 6.10. The first kappa shape index (κ1) is 20.8. The number of nitrogens with zero attached hydrogens (tertiary/aromatic N) is 5. The number of carbonyl (C=O) groups excluding carboxylic acids is 1. The fourth-order valence-corrected chi connectivity index (χ4v) is 4.98. The van der Waals surface area contributed by atoms with Gasteiger partial charge < -0.3 is 20.7 Å². The van der Waals surface area contributed by atoms with Crippen LogP contribution >= 0.6 is 11.3 Å². The summed E-state index contributed by atoms with van der Waals surface area (Å²) in [5, 5.41) is 15.0. The van der Waals surface area contributed by atoms with E-state index in [1.54, 1.807) is 21.7 Å². The van der Waals surface area contributed by atoms with E-state index < -0.39 is 5.69 Å². The number of hydrogen-bond donors (Lipinski definition) is 4. The molecule has 11 nitrogen and oxygen atoms in total. The third-order valence-corrected chi connectivity index (χ3v) is 7.05. The second-order valence-electron chi connectivity index (χ2n) is 8.64. The van der Waals surface area contributed by atoms with E-state index in [-0.39, 0.29) is 29.6 Å². The largest absolute Gasteiger partial charge is 0.493 e. The molecule has 34 heavy (non-hydrogen) atoms. The van der Waals surface area contributed by atoms with Crippen molar-refractivity contribution in [3.05, 3.63) is 56.2 Å². The number of hydrogen-bond acceptors (Lipinski definition) is 8. The highest BCUT2D eigenvalue weighted by Crippen LogP contribution is 2.28. The Kier molecular flexibility index (Phi) is 4.85. The Morgan fingerprint density at radius 1 is 1.29 bits per heavy atom. The molecular formula is C22H22N8O3S. The van der Waals surface area contributed by atoms with Gasteiger partial charge in [0.25, 0.3) is 5.91 Å². The lowest BCUT2D eigenvalue weighted by molar-refractivity contribution is 0.0795. The number of carbonyl (C=O) groups is 1. The summed E-state index contributed by atoms with van der Waals surface area (Å²) >= 11 is 1.38. The fourth-order valence-electron chi connectivity index (χ4n) is 4.04. The summed E-state index contributed by atoms with van der Waals surface area (Å²) in [5.74, 6) is -0.273. The zero-order valence-electron chi connectivity index (χ0n) is 18.1. The number of H-pyrrole nitrogens is 2. The molecule has 1 atom stereocenters. The number of aromatic hydroxyl groups is 1. The quantitative estimate of drug-likeness (QED) is 0.322. The Morgan fingerprint density at radius 2 is 2.15 bits per heavy atom. The van der Waals surface area contributed by atoms with Crippen molar-refractivity contribution < 1.29 is 9.90 Å². The molecule has 1 saturated carbocycles. The van der Waals surface area contributed by atoms with Gasteiger partial charge in [-0.2, -0.15) is 9.61 Å². The van der Waals surface area contributed by atoms with Crippen LogP contribution in [-0.2, 0) is 0 Å². The molecule has 5 N–H and O–H groups in total. The van der Waals surface area contributed by atoms with E-state index in [9.17, 15) is 14.7 Å². The molecule has 4 aromatic rings. The molecule has 174 valence electrons. The van der Waals surface area contributed by atoms with Gasteiger partial charge in [-0.1, -0.05) is 0 Å². The van der Waals surface area contributed by atoms with Crippen molar-refractivity contribution in [1.29, 1.82) is 0 Å². The van der Waals surface area contributed by atoms with Gasteiger partial charge in [-0.25, -0.2) is 9.78 Å². The Bertz CT molecular complexity index is 1590. The first-order chi connectivity index (χ1) is 16.4. The average molecular weight is 479 g/mol. The fraction of sp³-hybridized carbons (Fsp3) is 0.318. The van der Waals surface area contributed by atoms with Gasteiger partial charge in [0.05, 0.1) is 27.7 Å². The van der Waals surface area contributed by atoms with Crippen molar-refractivity contribution in [3.63, 3.8) is 0 Å². The Morgan fingerprint density at radius 3 is 2.85 bits per heavy atom. The minimum Gasteiger partial charge on any atom is -0.493 e. The van der Waals surface area contributed by atoms with Crippen LogP contribution in [-0.4, -0.2) is 65.7 Å². The molecule has 0 aromatic carbocycles. The summed E-state index contributed by atoms with van der Waals surface area (Å²) in [5.41, 5.74) is 7.57. The highest BCUT2D eigenvalue weighted by atomic mass is 32.1. The average Bonchev–Trinajstić information content (AvgIpc) is 3.18. The molecule has 1 aliphatic heterocycles. The molecule has 12 heteroatoms. The van der Waals surface area contributed by atoms with Crippen LogP contribution in [0.3, 0.4) is 0 Å². The van der Waals surface area contributed by atoms with E-state index in [1.807, 2.05) is 18.2 Å². The summed E-state index contributed by atoms with van der Waals surface area (Å²) in [4.78, 5) is 42.1. The van der Waals surface area contributed by atoms with Crippen molar-refractivity contribution in [3.8, 4) is 16.5 Å². The molecule has 4 aromatic heterocycles. The smallest absolute Gasteiger partial charge is 0.326 e. The normalized spacial score (nSPS) is 19.6. The topological polar surface area (TPSA) is 158 Å². The Hall–Kier alpha value is -3.77. The first-order valence-electron chi connectivity index (χ1n) is 11.1. The molecular weight excluding hydrogens is 456 g/mol. The van der Waals surface area contributed by atoms with Gasteiger partial charge in [-0.3, -0.25) is 14.8 Å². The van der Waals surface area contributed by atoms with E-state index in [0.29, 0.717) is 40.0 Å². The Labute approximate surface area is 196 Å². The van der Waals surface area contributed by atoms with E-state index in [2.05, 4.69) is 15.1 Å². The minimum atomic E-state index is -0.506. The maximum atomic E-state index is 12.9. The molecule has 1 saturated heterocycles. The maximum absolute atomic E-state index is 12.9. The van der Waals surface area contributed by atoms with Gasteiger partial charge in [0, 0.05) is 30.4 Å². The number of amides is 1. The van der Waals surface area contributed by atoms with Crippen molar-refractivity contribution in [1.82, 2.24) is 29.5 Å². The van der Waals surface area contributed by atoms with Crippen molar-refractivity contribution in [2.45, 2.75) is 31.3 Å². The zero-order chi connectivity index (χ0) is 23.4. The number of rotatable bonds is 4. The van der Waals surface area contributed by atoms with Gasteiger partial charge in [-0.15, -0.1) is 11.3 Å². The number of nitrogens with one attached hydrogen (secondary N) is 2. The van der Waals surface area contributed by atoms with Crippen LogP contribution in [0.5, 0.6) is 5.88 Å². The number of aromatic nitrogens is 5. The predicted octanol–water partition coefficient (Wildman–Crippen LogP) is -0.0362. The highest BCUT2D eigenvalue weighted by molar-refractivity contribution is 7.17. The lowest BCUT2D eigenvalue weighted by Gasteiger charge is -2.14. The third-order valence-electron chi connectivity index (χ3n) is 5.96. The van der Waals surface area contributed by atoms with Crippen LogP contribution in [0.2, 0.25) is 0 Å². The lowest BCUT2D eigenvalue weighted by Crippen LogP contribution is -2.31. The molecule has 5 heterocycles. The van der Waals surface area contributed by atoms with Crippen LogP contribution < -0.4 is 22.1 Å². The molecule has 1 aliphatic carbocycles. The monoisotopic (exact) mass is 478 g/mol. The van der Waals surface area contributed by atoms with Crippen LogP contribution in [0.1, 0.15) is 34.6 Å². The number of nitrogens with two attached hydrogens (primary N) is 1. The molecule has 6 rings (SSSR count). The second-order valence-corrected chi connectivity index (χ2v) is 9.73. The molecule has 0 unspecified atom stereocenters. The third kappa shape index (κ3) is 3.80. The van der Waals surface area contributed by atoms with E-state index >= 15 is 0 Å². The molecule has 0 spiro atoms. The van der Waals surface area contributed by atoms with Crippen LogP contribution in [0, 0.1) is 0 Å². The number of likely N-dealkylation sites (tertiary alicyclic amines) is 1. The van der Waals surface area contributed by atoms with Crippen molar-refractivity contribution in [2.24, 2.45) is 10.7 Å².